The van der Waals surface area contributed by atoms with Crippen molar-refractivity contribution in [1.82, 2.24) is 24.0 Å². The lowest BCUT2D eigenvalue weighted by molar-refractivity contribution is -0.149. The van der Waals surface area contributed by atoms with Crippen molar-refractivity contribution in [3.8, 4) is 0 Å². The minimum atomic E-state index is -3.76. The number of nitrogens with one attached hydrogen (secondary N) is 1. The molecule has 38 heavy (non-hydrogen) atoms. The highest BCUT2D eigenvalue weighted by molar-refractivity contribution is 7.92. The zero-order valence-corrected chi connectivity index (χ0v) is 22.9. The summed E-state index contributed by atoms with van der Waals surface area (Å²) < 4.78 is 34.1. The van der Waals surface area contributed by atoms with E-state index in [-0.39, 0.29) is 47.8 Å². The van der Waals surface area contributed by atoms with E-state index in [4.69, 9.17) is 10.5 Å². The van der Waals surface area contributed by atoms with Crippen LogP contribution in [0.2, 0.25) is 0 Å². The van der Waals surface area contributed by atoms with E-state index < -0.39 is 33.8 Å². The minimum Gasteiger partial charge on any atom is -0.464 e. The third-order valence-electron chi connectivity index (χ3n) is 5.77. The highest BCUT2D eigenvalue weighted by atomic mass is 32.2. The van der Waals surface area contributed by atoms with Crippen molar-refractivity contribution >= 4 is 45.0 Å². The summed E-state index contributed by atoms with van der Waals surface area (Å²) in [6, 6.07) is 7.15. The van der Waals surface area contributed by atoms with Gasteiger partial charge in [0.1, 0.15) is 11.6 Å². The maximum absolute atomic E-state index is 13.7. The Morgan fingerprint density at radius 1 is 1.16 bits per heavy atom. The molecule has 0 saturated heterocycles. The number of amides is 1. The van der Waals surface area contributed by atoms with Gasteiger partial charge in [0.25, 0.3) is 0 Å². The number of ether oxygens (including phenoxy) is 1. The topological polar surface area (TPSA) is 172 Å². The van der Waals surface area contributed by atoms with Gasteiger partial charge < -0.3 is 15.4 Å². The number of imidazole rings is 1. The Labute approximate surface area is 220 Å². The molecule has 13 nitrogen and oxygen atoms in total. The number of carbonyl (C=O) groups is 2. The molecule has 2 aromatic heterocycles. The lowest BCUT2D eigenvalue weighted by Crippen LogP contribution is -2.50. The van der Waals surface area contributed by atoms with Gasteiger partial charge in [-0.15, -0.1) is 0 Å². The number of benzene rings is 1. The van der Waals surface area contributed by atoms with Gasteiger partial charge >= 0.3 is 17.7 Å². The Morgan fingerprint density at radius 3 is 2.39 bits per heavy atom. The molecule has 14 heteroatoms. The SMILES string of the molecule is CCCS(=O)(=O)Nc1nc(N)c2c(n1)n(Cc1ccccc1)c(=O)n2C(=O)N(C)C(C(=O)OCC)C(C)C. The lowest BCUT2D eigenvalue weighted by atomic mass is 10.0. The molecule has 0 aliphatic heterocycles. The second-order valence-corrected chi connectivity index (χ2v) is 10.9. The molecule has 3 N–H and O–H groups in total. The summed E-state index contributed by atoms with van der Waals surface area (Å²) in [4.78, 5) is 49.4. The number of hydrogen-bond donors (Lipinski definition) is 2. The van der Waals surface area contributed by atoms with Crippen LogP contribution in [0.4, 0.5) is 16.6 Å². The molecule has 0 aliphatic rings. The Hall–Kier alpha value is -3.94. The van der Waals surface area contributed by atoms with E-state index in [1.165, 1.54) is 11.6 Å². The first-order valence-corrected chi connectivity index (χ1v) is 13.8. The van der Waals surface area contributed by atoms with Gasteiger partial charge in [-0.2, -0.15) is 9.97 Å². The van der Waals surface area contributed by atoms with Crippen LogP contribution in [0.3, 0.4) is 0 Å². The zero-order valence-electron chi connectivity index (χ0n) is 22.0. The summed E-state index contributed by atoms with van der Waals surface area (Å²) in [6.07, 6.45) is 0.362. The smallest absolute Gasteiger partial charge is 0.339 e. The van der Waals surface area contributed by atoms with Crippen LogP contribution in [0.25, 0.3) is 11.2 Å². The zero-order chi connectivity index (χ0) is 28.2. The summed E-state index contributed by atoms with van der Waals surface area (Å²) in [5.41, 5.74) is 5.99. The highest BCUT2D eigenvalue weighted by Gasteiger charge is 2.34. The van der Waals surface area contributed by atoms with Crippen LogP contribution in [0.1, 0.15) is 39.7 Å². The van der Waals surface area contributed by atoms with Gasteiger partial charge in [-0.3, -0.25) is 9.29 Å². The molecule has 3 aromatic rings. The largest absolute Gasteiger partial charge is 0.464 e. The normalized spacial score (nSPS) is 12.5. The Kier molecular flexibility index (Phi) is 8.76. The van der Waals surface area contributed by atoms with Crippen molar-refractivity contribution in [2.24, 2.45) is 5.92 Å². The first-order valence-electron chi connectivity index (χ1n) is 12.2. The molecule has 1 aromatic carbocycles. The average molecular weight is 548 g/mol. The van der Waals surface area contributed by atoms with Crippen LogP contribution in [-0.4, -0.2) is 69.9 Å². The van der Waals surface area contributed by atoms with Gasteiger partial charge in [0, 0.05) is 7.05 Å². The van der Waals surface area contributed by atoms with E-state index >= 15 is 0 Å². The van der Waals surface area contributed by atoms with Gasteiger partial charge in [0.05, 0.1) is 18.9 Å². The number of esters is 1. The standard InChI is InChI=1S/C24H33N7O6S/c1-6-13-38(35,36)28-22-26-19(25)18-20(27-22)30(14-16-11-9-8-10-12-16)24(34)31(18)23(33)29(5)17(15(3)4)21(32)37-7-2/h8-12,15,17H,6-7,13-14H2,1-5H3,(H3,25,26,27,28). The van der Waals surface area contributed by atoms with Crippen LogP contribution < -0.4 is 16.1 Å². The molecule has 2 heterocycles. The fourth-order valence-electron chi connectivity index (χ4n) is 4.14. The number of nitrogen functional groups attached to an aromatic ring is 1. The number of hydrogen-bond acceptors (Lipinski definition) is 9. The number of nitrogens with two attached hydrogens (primary N) is 1. The molecule has 3 rings (SSSR count). The Bertz CT molecular complexity index is 1480. The maximum atomic E-state index is 13.7. The van der Waals surface area contributed by atoms with E-state index in [2.05, 4.69) is 14.7 Å². The summed E-state index contributed by atoms with van der Waals surface area (Å²) in [5, 5.41) is 0. The lowest BCUT2D eigenvalue weighted by Gasteiger charge is -2.29. The molecule has 1 unspecified atom stereocenters. The van der Waals surface area contributed by atoms with Crippen LogP contribution in [0.15, 0.2) is 35.1 Å². The van der Waals surface area contributed by atoms with Crippen LogP contribution in [0.5, 0.6) is 0 Å². The van der Waals surface area contributed by atoms with Crippen molar-refractivity contribution in [3.05, 3.63) is 46.4 Å². The van der Waals surface area contributed by atoms with Crippen LogP contribution in [-0.2, 0) is 26.1 Å². The average Bonchev–Trinajstić information content (AvgIpc) is 3.10. The molecule has 206 valence electrons. The van der Waals surface area contributed by atoms with Gasteiger partial charge in [0.2, 0.25) is 16.0 Å². The second kappa shape index (κ2) is 11.6. The number of fused-ring (bicyclic) bond motifs is 1. The summed E-state index contributed by atoms with van der Waals surface area (Å²) >= 11 is 0. The van der Waals surface area contributed by atoms with Gasteiger partial charge in [0.15, 0.2) is 11.5 Å². The molecule has 0 saturated carbocycles. The molecule has 0 fully saturated rings. The van der Waals surface area contributed by atoms with E-state index in [1.807, 2.05) is 6.07 Å². The number of nitrogens with zero attached hydrogens (tertiary/aromatic N) is 5. The molecule has 0 radical (unpaired) electrons. The predicted octanol–water partition coefficient (Wildman–Crippen LogP) is 1.86. The summed E-state index contributed by atoms with van der Waals surface area (Å²) in [5.74, 6) is -1.72. The highest BCUT2D eigenvalue weighted by Crippen LogP contribution is 2.22. The molecular weight excluding hydrogens is 514 g/mol. The van der Waals surface area contributed by atoms with E-state index in [1.54, 1.807) is 52.0 Å². The van der Waals surface area contributed by atoms with Crippen LogP contribution in [0, 0.1) is 5.92 Å². The maximum Gasteiger partial charge on any atom is 0.339 e. The second-order valence-electron chi connectivity index (χ2n) is 9.05. The Balaban J connectivity index is 2.22. The van der Waals surface area contributed by atoms with Crippen molar-refractivity contribution in [1.29, 1.82) is 0 Å². The monoisotopic (exact) mass is 547 g/mol. The number of aromatic nitrogens is 4. The van der Waals surface area contributed by atoms with Crippen molar-refractivity contribution in [2.75, 3.05) is 29.9 Å². The van der Waals surface area contributed by atoms with E-state index in [9.17, 15) is 22.8 Å². The quantitative estimate of drug-likeness (QED) is 0.359. The number of likely N-dealkylation sites (N-methyl/N-ethyl adjacent to an activating group) is 1. The third kappa shape index (κ3) is 5.96. The van der Waals surface area contributed by atoms with Gasteiger partial charge in [-0.05, 0) is 24.8 Å². The predicted molar refractivity (Wildman–Crippen MR) is 143 cm³/mol. The molecule has 0 aliphatic carbocycles. The summed E-state index contributed by atoms with van der Waals surface area (Å²) in [7, 11) is -2.37. The molecule has 1 amide bonds. The summed E-state index contributed by atoms with van der Waals surface area (Å²) in [6.45, 7) is 7.00. The minimum absolute atomic E-state index is 0.0171. The number of carbonyl (C=O) groups excluding carboxylic acids is 2. The van der Waals surface area contributed by atoms with Crippen molar-refractivity contribution < 1.29 is 22.7 Å². The fourth-order valence-corrected chi connectivity index (χ4v) is 5.15. The Morgan fingerprint density at radius 2 is 1.82 bits per heavy atom. The molecule has 0 bridgehead atoms. The van der Waals surface area contributed by atoms with Gasteiger partial charge in [-0.1, -0.05) is 51.1 Å². The fraction of sp³-hybridized carbons (Fsp3) is 0.458. The van der Waals surface area contributed by atoms with E-state index in [0.29, 0.717) is 6.42 Å². The van der Waals surface area contributed by atoms with Crippen molar-refractivity contribution in [3.63, 3.8) is 0 Å². The first-order chi connectivity index (χ1) is 17.9. The molecule has 0 spiro atoms. The number of sulfonamides is 1. The van der Waals surface area contributed by atoms with Crippen molar-refractivity contribution in [2.45, 2.75) is 46.7 Å². The van der Waals surface area contributed by atoms with Crippen LogP contribution >= 0.6 is 0 Å². The molecular formula is C24H33N7O6S. The third-order valence-corrected chi connectivity index (χ3v) is 7.21. The van der Waals surface area contributed by atoms with E-state index in [0.717, 1.165) is 15.0 Å². The number of rotatable bonds is 10. The molecule has 1 atom stereocenters. The number of anilines is 2. The van der Waals surface area contributed by atoms with Gasteiger partial charge in [-0.25, -0.2) is 27.4 Å². The first kappa shape index (κ1) is 28.6.